The Morgan fingerprint density at radius 3 is 2.23 bits per heavy atom. The van der Waals surface area contributed by atoms with Gasteiger partial charge in [0.2, 0.25) is 0 Å². The lowest BCUT2D eigenvalue weighted by atomic mass is 10.0. The number of carbonyl (C=O) groups is 2. The third-order valence-corrected chi connectivity index (χ3v) is 5.63. The molecule has 2 aromatic carbocycles. The molecular formula is C24H25ClN2O3. The molecule has 0 unspecified atom stereocenters. The van der Waals surface area contributed by atoms with Crippen LogP contribution in [0.3, 0.4) is 0 Å². The van der Waals surface area contributed by atoms with Crippen LogP contribution in [0, 0.1) is 6.92 Å². The molecule has 0 saturated carbocycles. The minimum Gasteiger partial charge on any atom is -0.491 e. The van der Waals surface area contributed by atoms with E-state index in [0.717, 1.165) is 42.8 Å². The molecule has 2 aliphatic heterocycles. The first kappa shape index (κ1) is 20.5. The van der Waals surface area contributed by atoms with Crippen molar-refractivity contribution in [3.05, 3.63) is 64.3 Å². The molecule has 1 saturated heterocycles. The quantitative estimate of drug-likeness (QED) is 0.646. The van der Waals surface area contributed by atoms with Crippen LogP contribution in [0.4, 0.5) is 5.69 Å². The highest BCUT2D eigenvalue weighted by atomic mass is 35.5. The highest BCUT2D eigenvalue weighted by molar-refractivity contribution is 6.45. The second-order valence-electron chi connectivity index (χ2n) is 7.99. The van der Waals surface area contributed by atoms with Gasteiger partial charge in [-0.3, -0.25) is 9.59 Å². The van der Waals surface area contributed by atoms with Gasteiger partial charge in [-0.1, -0.05) is 23.7 Å². The first-order valence-electron chi connectivity index (χ1n) is 10.3. The number of nitrogens with zero attached hydrogens (tertiary/aromatic N) is 2. The molecule has 2 aromatic rings. The fourth-order valence-corrected chi connectivity index (χ4v) is 4.30. The third kappa shape index (κ3) is 3.70. The zero-order valence-electron chi connectivity index (χ0n) is 17.4. The fourth-order valence-electron chi connectivity index (χ4n) is 4.07. The van der Waals surface area contributed by atoms with E-state index < -0.39 is 0 Å². The van der Waals surface area contributed by atoms with E-state index in [4.69, 9.17) is 16.3 Å². The fraction of sp³-hybridized carbons (Fsp3) is 0.333. The summed E-state index contributed by atoms with van der Waals surface area (Å²) >= 11 is 6.09. The average Bonchev–Trinajstić information content (AvgIpc) is 3.29. The summed E-state index contributed by atoms with van der Waals surface area (Å²) in [5.41, 5.74) is 3.02. The normalized spacial score (nSPS) is 17.0. The van der Waals surface area contributed by atoms with Crippen LogP contribution in [0.1, 0.15) is 37.8 Å². The number of ether oxygens (including phenoxy) is 1. The molecule has 156 valence electrons. The van der Waals surface area contributed by atoms with Crippen molar-refractivity contribution in [3.63, 3.8) is 0 Å². The van der Waals surface area contributed by atoms with E-state index >= 15 is 0 Å². The summed E-state index contributed by atoms with van der Waals surface area (Å²) < 4.78 is 5.72. The van der Waals surface area contributed by atoms with Gasteiger partial charge in [0, 0.05) is 18.1 Å². The van der Waals surface area contributed by atoms with Gasteiger partial charge in [-0.15, -0.1) is 0 Å². The molecule has 0 atom stereocenters. The van der Waals surface area contributed by atoms with E-state index in [1.165, 1.54) is 4.90 Å². The molecule has 5 nitrogen and oxygen atoms in total. The van der Waals surface area contributed by atoms with Crippen LogP contribution in [0.2, 0.25) is 5.02 Å². The van der Waals surface area contributed by atoms with E-state index in [2.05, 4.69) is 0 Å². The van der Waals surface area contributed by atoms with Crippen molar-refractivity contribution in [2.75, 3.05) is 18.0 Å². The van der Waals surface area contributed by atoms with Crippen LogP contribution in [-0.2, 0) is 9.59 Å². The number of imide groups is 1. The number of amides is 2. The Kier molecular flexibility index (Phi) is 5.56. The molecule has 2 aliphatic rings. The van der Waals surface area contributed by atoms with Crippen LogP contribution in [-0.4, -0.2) is 35.9 Å². The van der Waals surface area contributed by atoms with Gasteiger partial charge in [-0.25, -0.2) is 4.90 Å². The van der Waals surface area contributed by atoms with E-state index in [1.807, 2.05) is 49.9 Å². The number of halogens is 1. The molecule has 0 aliphatic carbocycles. The van der Waals surface area contributed by atoms with E-state index in [0.29, 0.717) is 22.0 Å². The molecule has 30 heavy (non-hydrogen) atoms. The summed E-state index contributed by atoms with van der Waals surface area (Å²) in [4.78, 5) is 30.4. The third-order valence-electron chi connectivity index (χ3n) is 5.40. The van der Waals surface area contributed by atoms with Crippen molar-refractivity contribution in [3.8, 4) is 5.75 Å². The number of hydrogen-bond donors (Lipinski definition) is 0. The van der Waals surface area contributed by atoms with Crippen molar-refractivity contribution < 1.29 is 14.3 Å². The zero-order chi connectivity index (χ0) is 21.4. The molecule has 4 rings (SSSR count). The lowest BCUT2D eigenvalue weighted by molar-refractivity contribution is -0.120. The summed E-state index contributed by atoms with van der Waals surface area (Å²) in [6.45, 7) is 7.34. The number of carbonyl (C=O) groups excluding carboxylic acids is 2. The smallest absolute Gasteiger partial charge is 0.282 e. The van der Waals surface area contributed by atoms with Crippen molar-refractivity contribution in [2.24, 2.45) is 0 Å². The predicted octanol–water partition coefficient (Wildman–Crippen LogP) is 4.82. The average molecular weight is 425 g/mol. The minimum absolute atomic E-state index is 0.0632. The number of hydrogen-bond acceptors (Lipinski definition) is 4. The zero-order valence-corrected chi connectivity index (χ0v) is 18.2. The van der Waals surface area contributed by atoms with Crippen LogP contribution < -0.4 is 9.64 Å². The van der Waals surface area contributed by atoms with Gasteiger partial charge in [0.15, 0.2) is 0 Å². The van der Waals surface area contributed by atoms with Crippen LogP contribution in [0.25, 0.3) is 5.57 Å². The van der Waals surface area contributed by atoms with Crippen molar-refractivity contribution in [2.45, 2.75) is 39.7 Å². The molecule has 6 heteroatoms. The maximum absolute atomic E-state index is 13.5. The van der Waals surface area contributed by atoms with Gasteiger partial charge in [0.1, 0.15) is 11.4 Å². The summed E-state index contributed by atoms with van der Waals surface area (Å²) in [5.74, 6) is 0.161. The molecular weight excluding hydrogens is 400 g/mol. The number of benzene rings is 2. The monoisotopic (exact) mass is 424 g/mol. The Bertz CT molecular complexity index is 1020. The van der Waals surface area contributed by atoms with E-state index in [1.54, 1.807) is 18.2 Å². The number of anilines is 1. The van der Waals surface area contributed by atoms with Crippen molar-refractivity contribution in [1.82, 2.24) is 4.90 Å². The van der Waals surface area contributed by atoms with E-state index in [9.17, 15) is 9.59 Å². The largest absolute Gasteiger partial charge is 0.491 e. The Morgan fingerprint density at radius 2 is 1.63 bits per heavy atom. The number of likely N-dealkylation sites (tertiary alicyclic amines) is 1. The first-order chi connectivity index (χ1) is 14.4. The van der Waals surface area contributed by atoms with Gasteiger partial charge in [-0.05, 0) is 75.1 Å². The van der Waals surface area contributed by atoms with Crippen molar-refractivity contribution >= 4 is 34.7 Å². The Hall–Kier alpha value is -2.79. The van der Waals surface area contributed by atoms with Crippen LogP contribution in [0.5, 0.6) is 5.75 Å². The lowest BCUT2D eigenvalue weighted by Crippen LogP contribution is -2.35. The summed E-state index contributed by atoms with van der Waals surface area (Å²) in [6.07, 6.45) is 2.09. The number of rotatable bonds is 5. The standard InChI is InChI=1S/C24H25ClN2O3/c1-15(2)30-19-9-6-17(7-10-19)21-22(26-12-4-5-13-26)24(29)27(23(21)28)20-11-8-18(25)14-16(20)3/h6-11,14-15H,4-5,12-13H2,1-3H3. The number of aryl methyl sites for hydroxylation is 1. The molecule has 1 fully saturated rings. The molecule has 0 aromatic heterocycles. The second kappa shape index (κ2) is 8.15. The van der Waals surface area contributed by atoms with Gasteiger partial charge in [-0.2, -0.15) is 0 Å². The Balaban J connectivity index is 1.78. The predicted molar refractivity (Wildman–Crippen MR) is 119 cm³/mol. The second-order valence-corrected chi connectivity index (χ2v) is 8.42. The molecule has 0 N–H and O–H groups in total. The minimum atomic E-state index is -0.301. The van der Waals surface area contributed by atoms with Crippen LogP contribution >= 0.6 is 11.6 Å². The maximum atomic E-state index is 13.5. The lowest BCUT2D eigenvalue weighted by Gasteiger charge is -2.21. The maximum Gasteiger partial charge on any atom is 0.282 e. The Labute approximate surface area is 181 Å². The van der Waals surface area contributed by atoms with Gasteiger partial charge < -0.3 is 9.64 Å². The SMILES string of the molecule is Cc1cc(Cl)ccc1N1C(=O)C(c2ccc(OC(C)C)cc2)=C(N2CCCC2)C1=O. The topological polar surface area (TPSA) is 49.9 Å². The van der Waals surface area contributed by atoms with Gasteiger partial charge >= 0.3 is 0 Å². The van der Waals surface area contributed by atoms with E-state index in [-0.39, 0.29) is 17.9 Å². The Morgan fingerprint density at radius 1 is 0.967 bits per heavy atom. The van der Waals surface area contributed by atoms with Crippen LogP contribution in [0.15, 0.2) is 48.2 Å². The summed E-state index contributed by atoms with van der Waals surface area (Å²) in [7, 11) is 0. The van der Waals surface area contributed by atoms with Crippen molar-refractivity contribution in [1.29, 1.82) is 0 Å². The molecule has 2 heterocycles. The summed E-state index contributed by atoms with van der Waals surface area (Å²) in [5, 5.41) is 0.573. The molecule has 0 bridgehead atoms. The molecule has 0 spiro atoms. The summed E-state index contributed by atoms with van der Waals surface area (Å²) in [6, 6.07) is 12.6. The highest BCUT2D eigenvalue weighted by Crippen LogP contribution is 2.38. The highest BCUT2D eigenvalue weighted by Gasteiger charge is 2.43. The van der Waals surface area contributed by atoms with Gasteiger partial charge in [0.05, 0.1) is 17.4 Å². The van der Waals surface area contributed by atoms with Gasteiger partial charge in [0.25, 0.3) is 11.8 Å². The molecule has 2 amide bonds. The molecule has 0 radical (unpaired) electrons. The first-order valence-corrected chi connectivity index (χ1v) is 10.7.